The zero-order chi connectivity index (χ0) is 17.4. The van der Waals surface area contributed by atoms with Gasteiger partial charge in [0.25, 0.3) is 0 Å². The lowest BCUT2D eigenvalue weighted by Crippen LogP contribution is -2.37. The Morgan fingerprint density at radius 3 is 2.80 bits per heavy atom. The topological polar surface area (TPSA) is 42.0 Å². The first-order valence-corrected chi connectivity index (χ1v) is 9.38. The zero-order valence-corrected chi connectivity index (χ0v) is 15.3. The van der Waals surface area contributed by atoms with Gasteiger partial charge in [-0.3, -0.25) is 4.79 Å². The number of halogens is 1. The molecule has 0 bridgehead atoms. The van der Waals surface area contributed by atoms with E-state index in [9.17, 15) is 4.79 Å². The van der Waals surface area contributed by atoms with E-state index in [2.05, 4.69) is 22.4 Å². The summed E-state index contributed by atoms with van der Waals surface area (Å²) in [6, 6.07) is 16.1. The molecule has 126 valence electrons. The van der Waals surface area contributed by atoms with Crippen LogP contribution in [0, 0.1) is 5.41 Å². The van der Waals surface area contributed by atoms with Crippen molar-refractivity contribution in [2.45, 2.75) is 19.3 Å². The van der Waals surface area contributed by atoms with Crippen LogP contribution >= 0.6 is 22.9 Å². The number of anilines is 1. The van der Waals surface area contributed by atoms with Gasteiger partial charge in [0.1, 0.15) is 0 Å². The van der Waals surface area contributed by atoms with Gasteiger partial charge in [-0.1, -0.05) is 48.0 Å². The molecule has 0 saturated carbocycles. The van der Waals surface area contributed by atoms with Crippen LogP contribution < -0.4 is 5.32 Å². The summed E-state index contributed by atoms with van der Waals surface area (Å²) < 4.78 is 0. The molecule has 0 spiro atoms. The Kier molecular flexibility index (Phi) is 4.10. The summed E-state index contributed by atoms with van der Waals surface area (Å²) in [4.78, 5) is 17.4. The van der Waals surface area contributed by atoms with E-state index in [-0.39, 0.29) is 11.8 Å². The highest BCUT2D eigenvalue weighted by Crippen LogP contribution is 2.51. The number of benzene rings is 2. The molecule has 5 heteroatoms. The van der Waals surface area contributed by atoms with E-state index in [0.29, 0.717) is 16.6 Å². The van der Waals surface area contributed by atoms with Gasteiger partial charge in [0.15, 0.2) is 5.13 Å². The van der Waals surface area contributed by atoms with E-state index in [4.69, 9.17) is 11.6 Å². The minimum atomic E-state index is -0.597. The van der Waals surface area contributed by atoms with Crippen molar-refractivity contribution < 1.29 is 4.79 Å². The van der Waals surface area contributed by atoms with Crippen molar-refractivity contribution >= 4 is 34.0 Å². The molecule has 3 aromatic rings. The summed E-state index contributed by atoms with van der Waals surface area (Å²) in [5, 5.41) is 6.18. The SMILES string of the molecule is C[C@@]1(C(=O)Nc2nccs2)Cc2ccc(Cl)cc2[C@@H]1c1ccccc1. The van der Waals surface area contributed by atoms with E-state index in [1.54, 1.807) is 6.20 Å². The lowest BCUT2D eigenvalue weighted by Gasteiger charge is -2.31. The largest absolute Gasteiger partial charge is 0.301 e. The normalized spacial score (nSPS) is 21.8. The standard InChI is InChI=1S/C20H17ClN2OS/c1-20(18(24)23-19-22-9-10-25-19)12-14-7-8-15(21)11-16(14)17(20)13-5-3-2-4-6-13/h2-11,17H,12H2,1H3,(H,22,23,24)/t17-,20+/m0/s1. The number of nitrogens with zero attached hydrogens (tertiary/aromatic N) is 1. The van der Waals surface area contributed by atoms with Gasteiger partial charge < -0.3 is 5.32 Å². The summed E-state index contributed by atoms with van der Waals surface area (Å²) in [5.41, 5.74) is 2.84. The number of rotatable bonds is 3. The molecular weight excluding hydrogens is 352 g/mol. The van der Waals surface area contributed by atoms with Crippen LogP contribution in [0.5, 0.6) is 0 Å². The minimum Gasteiger partial charge on any atom is -0.301 e. The number of hydrogen-bond donors (Lipinski definition) is 1. The van der Waals surface area contributed by atoms with Crippen molar-refractivity contribution in [2.24, 2.45) is 5.41 Å². The Morgan fingerprint density at radius 2 is 2.08 bits per heavy atom. The average Bonchev–Trinajstić information content (AvgIpc) is 3.21. The molecular formula is C20H17ClN2OS. The summed E-state index contributed by atoms with van der Waals surface area (Å²) in [5.74, 6) is -0.0500. The fourth-order valence-corrected chi connectivity index (χ4v) is 4.47. The van der Waals surface area contributed by atoms with Crippen LogP contribution in [-0.4, -0.2) is 10.9 Å². The third kappa shape index (κ3) is 2.86. The number of carbonyl (C=O) groups excluding carboxylic acids is 1. The van der Waals surface area contributed by atoms with E-state index < -0.39 is 5.41 Å². The third-order valence-corrected chi connectivity index (χ3v) is 5.84. The molecule has 3 nitrogen and oxygen atoms in total. The summed E-state index contributed by atoms with van der Waals surface area (Å²) >= 11 is 7.68. The number of thiazole rings is 1. The second-order valence-electron chi connectivity index (χ2n) is 6.57. The van der Waals surface area contributed by atoms with Gasteiger partial charge in [-0.05, 0) is 42.2 Å². The van der Waals surface area contributed by atoms with E-state index >= 15 is 0 Å². The molecule has 1 aliphatic carbocycles. The van der Waals surface area contributed by atoms with Crippen LogP contribution in [0.4, 0.5) is 5.13 Å². The second-order valence-corrected chi connectivity index (χ2v) is 7.90. The molecule has 2 atom stereocenters. The Morgan fingerprint density at radius 1 is 1.28 bits per heavy atom. The van der Waals surface area contributed by atoms with Gasteiger partial charge in [0, 0.05) is 22.5 Å². The number of amides is 1. The quantitative estimate of drug-likeness (QED) is 0.696. The molecule has 0 saturated heterocycles. The smallest absolute Gasteiger partial charge is 0.233 e. The van der Waals surface area contributed by atoms with Crippen molar-refractivity contribution in [2.75, 3.05) is 5.32 Å². The number of fused-ring (bicyclic) bond motifs is 1. The van der Waals surface area contributed by atoms with Crippen molar-refractivity contribution in [3.05, 3.63) is 81.8 Å². The van der Waals surface area contributed by atoms with Crippen LogP contribution in [0.25, 0.3) is 0 Å². The average molecular weight is 369 g/mol. The van der Waals surface area contributed by atoms with Crippen LogP contribution in [0.1, 0.15) is 29.5 Å². The summed E-state index contributed by atoms with van der Waals surface area (Å²) in [6.45, 7) is 2.03. The number of aromatic nitrogens is 1. The first-order valence-electron chi connectivity index (χ1n) is 8.12. The first kappa shape index (κ1) is 16.3. The first-order chi connectivity index (χ1) is 12.1. The third-order valence-electron chi connectivity index (χ3n) is 4.92. The van der Waals surface area contributed by atoms with Gasteiger partial charge in [-0.15, -0.1) is 11.3 Å². The second kappa shape index (κ2) is 6.28. The van der Waals surface area contributed by atoms with Crippen molar-refractivity contribution in [1.82, 2.24) is 4.98 Å². The molecule has 1 heterocycles. The molecule has 1 N–H and O–H groups in total. The van der Waals surface area contributed by atoms with Gasteiger partial charge in [0.05, 0.1) is 5.41 Å². The van der Waals surface area contributed by atoms with E-state index in [1.807, 2.05) is 48.7 Å². The van der Waals surface area contributed by atoms with Crippen LogP contribution in [0.3, 0.4) is 0 Å². The Hall–Kier alpha value is -2.17. The predicted molar refractivity (Wildman–Crippen MR) is 102 cm³/mol. The Labute approximate surface area is 155 Å². The number of hydrogen-bond acceptors (Lipinski definition) is 3. The highest BCUT2D eigenvalue weighted by molar-refractivity contribution is 7.13. The van der Waals surface area contributed by atoms with Gasteiger partial charge in [-0.25, -0.2) is 4.98 Å². The molecule has 0 unspecified atom stereocenters. The van der Waals surface area contributed by atoms with Crippen LogP contribution in [0.15, 0.2) is 60.1 Å². The van der Waals surface area contributed by atoms with Gasteiger partial charge >= 0.3 is 0 Å². The molecule has 4 rings (SSSR count). The molecule has 1 amide bonds. The molecule has 0 aliphatic heterocycles. The highest BCUT2D eigenvalue weighted by atomic mass is 35.5. The van der Waals surface area contributed by atoms with E-state index in [0.717, 1.165) is 11.1 Å². The Bertz CT molecular complexity index is 911. The minimum absolute atomic E-state index is 0.0105. The maximum absolute atomic E-state index is 13.2. The van der Waals surface area contributed by atoms with Crippen LogP contribution in [0.2, 0.25) is 5.02 Å². The lowest BCUT2D eigenvalue weighted by atomic mass is 9.73. The summed E-state index contributed by atoms with van der Waals surface area (Å²) in [7, 11) is 0. The molecule has 1 aromatic heterocycles. The molecule has 2 aromatic carbocycles. The molecule has 0 fully saturated rings. The monoisotopic (exact) mass is 368 g/mol. The predicted octanol–water partition coefficient (Wildman–Crippen LogP) is 5.13. The fourth-order valence-electron chi connectivity index (χ4n) is 3.77. The Balaban J connectivity index is 1.79. The molecule has 0 radical (unpaired) electrons. The van der Waals surface area contributed by atoms with Crippen molar-refractivity contribution in [3.63, 3.8) is 0 Å². The fraction of sp³-hybridized carbons (Fsp3) is 0.200. The summed E-state index contributed by atoms with van der Waals surface area (Å²) in [6.07, 6.45) is 2.37. The zero-order valence-electron chi connectivity index (χ0n) is 13.7. The maximum atomic E-state index is 13.2. The van der Waals surface area contributed by atoms with Crippen molar-refractivity contribution in [1.29, 1.82) is 0 Å². The van der Waals surface area contributed by atoms with Crippen molar-refractivity contribution in [3.8, 4) is 0 Å². The molecule has 1 aliphatic rings. The van der Waals surface area contributed by atoms with E-state index in [1.165, 1.54) is 16.9 Å². The van der Waals surface area contributed by atoms with Gasteiger partial charge in [0.2, 0.25) is 5.91 Å². The van der Waals surface area contributed by atoms with Crippen LogP contribution in [-0.2, 0) is 11.2 Å². The highest BCUT2D eigenvalue weighted by Gasteiger charge is 2.48. The maximum Gasteiger partial charge on any atom is 0.233 e. The number of carbonyl (C=O) groups is 1. The van der Waals surface area contributed by atoms with Gasteiger partial charge in [-0.2, -0.15) is 0 Å². The lowest BCUT2D eigenvalue weighted by molar-refractivity contribution is -0.125. The number of nitrogens with one attached hydrogen (secondary N) is 1. The molecule has 25 heavy (non-hydrogen) atoms.